The smallest absolute Gasteiger partial charge is 0.169 e. The van der Waals surface area contributed by atoms with Crippen LogP contribution in [0.3, 0.4) is 0 Å². The molecule has 0 aromatic heterocycles. The Hall–Kier alpha value is -2.49. The molecule has 2 aromatic rings. The molecule has 0 heterocycles. The Kier molecular flexibility index (Phi) is 5.83. The third kappa shape index (κ3) is 3.79. The Morgan fingerprint density at radius 3 is 2.23 bits per heavy atom. The number of ether oxygens (including phenoxy) is 2. The minimum Gasteiger partial charge on any atom is -0.490 e. The van der Waals surface area contributed by atoms with Gasteiger partial charge in [-0.1, -0.05) is 42.8 Å². The van der Waals surface area contributed by atoms with E-state index in [-0.39, 0.29) is 0 Å². The molecular formula is C18H21NO3. The van der Waals surface area contributed by atoms with Gasteiger partial charge in [0.1, 0.15) is 5.75 Å². The van der Waals surface area contributed by atoms with Crippen LogP contribution in [-0.2, 0) is 0 Å². The van der Waals surface area contributed by atoms with E-state index in [1.807, 2.05) is 62.4 Å². The van der Waals surface area contributed by atoms with E-state index < -0.39 is 0 Å². The lowest BCUT2D eigenvalue weighted by atomic mass is 10.1. The summed E-state index contributed by atoms with van der Waals surface area (Å²) in [5.41, 5.74) is 1.41. The molecule has 4 nitrogen and oxygen atoms in total. The van der Waals surface area contributed by atoms with Crippen LogP contribution >= 0.6 is 0 Å². The number of oxime groups is 1. The van der Waals surface area contributed by atoms with Crippen LogP contribution in [0.15, 0.2) is 53.7 Å². The number of hydrogen-bond donors (Lipinski definition) is 1. The fourth-order valence-corrected chi connectivity index (χ4v) is 2.20. The van der Waals surface area contributed by atoms with E-state index in [1.54, 1.807) is 0 Å². The number of benzene rings is 2. The summed E-state index contributed by atoms with van der Waals surface area (Å²) in [5.74, 6) is 1.99. The minimum absolute atomic E-state index is 0.571. The molecule has 1 N–H and O–H groups in total. The molecule has 0 saturated heterocycles. The van der Waals surface area contributed by atoms with Gasteiger partial charge >= 0.3 is 0 Å². The maximum atomic E-state index is 9.25. The predicted octanol–water partition coefficient (Wildman–Crippen LogP) is 4.86. The van der Waals surface area contributed by atoms with Crippen LogP contribution in [0.5, 0.6) is 17.2 Å². The first-order valence-corrected chi connectivity index (χ1v) is 7.50. The number of rotatable bonds is 7. The molecule has 2 rings (SSSR count). The quantitative estimate of drug-likeness (QED) is 0.451. The van der Waals surface area contributed by atoms with E-state index >= 15 is 0 Å². The van der Waals surface area contributed by atoms with E-state index in [0.29, 0.717) is 36.0 Å². The SMILES string of the molecule is CCCC(=NO)c1ccccc1Oc1ccccc1OCC. The zero-order chi connectivity index (χ0) is 15.8. The Labute approximate surface area is 131 Å². The first kappa shape index (κ1) is 15.9. The van der Waals surface area contributed by atoms with Crippen molar-refractivity contribution >= 4 is 5.71 Å². The molecule has 4 heteroatoms. The molecule has 0 amide bonds. The first-order valence-electron chi connectivity index (χ1n) is 7.50. The van der Waals surface area contributed by atoms with Crippen molar-refractivity contribution in [2.24, 2.45) is 5.16 Å². The third-order valence-corrected chi connectivity index (χ3v) is 3.17. The highest BCUT2D eigenvalue weighted by atomic mass is 16.5. The van der Waals surface area contributed by atoms with Crippen molar-refractivity contribution in [2.45, 2.75) is 26.7 Å². The van der Waals surface area contributed by atoms with Crippen LogP contribution in [0.4, 0.5) is 0 Å². The van der Waals surface area contributed by atoms with Crippen LogP contribution in [0, 0.1) is 0 Å². The molecule has 22 heavy (non-hydrogen) atoms. The molecular weight excluding hydrogens is 278 g/mol. The molecule has 0 bridgehead atoms. The largest absolute Gasteiger partial charge is 0.490 e. The van der Waals surface area contributed by atoms with Crippen molar-refractivity contribution in [3.05, 3.63) is 54.1 Å². The molecule has 0 aliphatic carbocycles. The molecule has 0 fully saturated rings. The second kappa shape index (κ2) is 8.08. The highest BCUT2D eigenvalue weighted by Crippen LogP contribution is 2.33. The summed E-state index contributed by atoms with van der Waals surface area (Å²) in [6, 6.07) is 15.1. The fraction of sp³-hybridized carbons (Fsp3) is 0.278. The molecule has 2 aromatic carbocycles. The number of hydrogen-bond acceptors (Lipinski definition) is 4. The predicted molar refractivity (Wildman–Crippen MR) is 87.4 cm³/mol. The number of nitrogens with zero attached hydrogens (tertiary/aromatic N) is 1. The van der Waals surface area contributed by atoms with E-state index in [1.165, 1.54) is 0 Å². The molecule has 0 spiro atoms. The summed E-state index contributed by atoms with van der Waals surface area (Å²) < 4.78 is 11.6. The van der Waals surface area contributed by atoms with Gasteiger partial charge in [-0.05, 0) is 37.6 Å². The topological polar surface area (TPSA) is 51.1 Å². The summed E-state index contributed by atoms with van der Waals surface area (Å²) in [7, 11) is 0. The third-order valence-electron chi connectivity index (χ3n) is 3.17. The summed E-state index contributed by atoms with van der Waals surface area (Å²) in [4.78, 5) is 0. The monoisotopic (exact) mass is 299 g/mol. The summed E-state index contributed by atoms with van der Waals surface area (Å²) in [6.07, 6.45) is 1.58. The minimum atomic E-state index is 0.571. The highest BCUT2D eigenvalue weighted by molar-refractivity contribution is 6.02. The van der Waals surface area contributed by atoms with Gasteiger partial charge in [-0.3, -0.25) is 0 Å². The van der Waals surface area contributed by atoms with Crippen LogP contribution < -0.4 is 9.47 Å². The molecule has 0 aliphatic heterocycles. The van der Waals surface area contributed by atoms with Gasteiger partial charge in [0.05, 0.1) is 12.3 Å². The number of para-hydroxylation sites is 3. The van der Waals surface area contributed by atoms with E-state index in [2.05, 4.69) is 5.16 Å². The average Bonchev–Trinajstić information content (AvgIpc) is 2.55. The van der Waals surface area contributed by atoms with Gasteiger partial charge in [-0.25, -0.2) is 0 Å². The van der Waals surface area contributed by atoms with E-state index in [9.17, 15) is 5.21 Å². The van der Waals surface area contributed by atoms with Gasteiger partial charge in [-0.15, -0.1) is 0 Å². The summed E-state index contributed by atoms with van der Waals surface area (Å²) in [6.45, 7) is 4.54. The van der Waals surface area contributed by atoms with Gasteiger partial charge in [0.2, 0.25) is 0 Å². The Morgan fingerprint density at radius 2 is 1.59 bits per heavy atom. The molecule has 0 atom stereocenters. The van der Waals surface area contributed by atoms with Crippen molar-refractivity contribution in [2.75, 3.05) is 6.61 Å². The van der Waals surface area contributed by atoms with Crippen LogP contribution in [0.1, 0.15) is 32.3 Å². The van der Waals surface area contributed by atoms with Crippen molar-refractivity contribution in [1.82, 2.24) is 0 Å². The lowest BCUT2D eigenvalue weighted by Crippen LogP contribution is -2.03. The van der Waals surface area contributed by atoms with Gasteiger partial charge in [0.15, 0.2) is 11.5 Å². The maximum absolute atomic E-state index is 9.25. The van der Waals surface area contributed by atoms with Crippen molar-refractivity contribution < 1.29 is 14.7 Å². The van der Waals surface area contributed by atoms with Crippen LogP contribution in [0.25, 0.3) is 0 Å². The van der Waals surface area contributed by atoms with Gasteiger partial charge in [0, 0.05) is 5.56 Å². The molecule has 0 radical (unpaired) electrons. The first-order chi connectivity index (χ1) is 10.8. The van der Waals surface area contributed by atoms with Crippen molar-refractivity contribution in [1.29, 1.82) is 0 Å². The van der Waals surface area contributed by atoms with Crippen LogP contribution in [-0.4, -0.2) is 17.5 Å². The highest BCUT2D eigenvalue weighted by Gasteiger charge is 2.13. The Bertz CT molecular complexity index is 638. The molecule has 116 valence electrons. The summed E-state index contributed by atoms with van der Waals surface area (Å²) in [5, 5.41) is 12.7. The zero-order valence-corrected chi connectivity index (χ0v) is 13.0. The van der Waals surface area contributed by atoms with Gasteiger partial charge in [0.25, 0.3) is 0 Å². The summed E-state index contributed by atoms with van der Waals surface area (Å²) >= 11 is 0. The second-order valence-corrected chi connectivity index (χ2v) is 4.77. The second-order valence-electron chi connectivity index (χ2n) is 4.77. The van der Waals surface area contributed by atoms with Crippen LogP contribution in [0.2, 0.25) is 0 Å². The average molecular weight is 299 g/mol. The van der Waals surface area contributed by atoms with Gasteiger partial charge < -0.3 is 14.7 Å². The zero-order valence-electron chi connectivity index (χ0n) is 13.0. The lowest BCUT2D eigenvalue weighted by molar-refractivity contribution is 0.316. The van der Waals surface area contributed by atoms with Crippen molar-refractivity contribution in [3.8, 4) is 17.2 Å². The Morgan fingerprint density at radius 1 is 0.955 bits per heavy atom. The molecule has 0 aliphatic rings. The maximum Gasteiger partial charge on any atom is 0.169 e. The normalized spacial score (nSPS) is 11.3. The molecule has 0 unspecified atom stereocenters. The van der Waals surface area contributed by atoms with Crippen molar-refractivity contribution in [3.63, 3.8) is 0 Å². The van der Waals surface area contributed by atoms with E-state index in [0.717, 1.165) is 12.0 Å². The standard InChI is InChI=1S/C18H21NO3/c1-3-9-15(19-20)14-10-5-6-11-16(14)22-18-13-8-7-12-17(18)21-4-2/h5-8,10-13,20H,3-4,9H2,1-2H3. The van der Waals surface area contributed by atoms with E-state index in [4.69, 9.17) is 9.47 Å². The Balaban J connectivity index is 2.35. The lowest BCUT2D eigenvalue weighted by Gasteiger charge is -2.14. The fourth-order valence-electron chi connectivity index (χ4n) is 2.20. The molecule has 0 saturated carbocycles. The van der Waals surface area contributed by atoms with Gasteiger partial charge in [-0.2, -0.15) is 0 Å².